The molecule has 0 amide bonds. The van der Waals surface area contributed by atoms with Crippen LogP contribution in [0.25, 0.3) is 11.5 Å². The average Bonchev–Trinajstić information content (AvgIpc) is 2.73. The number of anilines is 1. The zero-order valence-corrected chi connectivity index (χ0v) is 15.5. The van der Waals surface area contributed by atoms with Gasteiger partial charge >= 0.3 is 0 Å². The van der Waals surface area contributed by atoms with Crippen molar-refractivity contribution in [1.29, 1.82) is 0 Å². The average molecular weight is 362 g/mol. The van der Waals surface area contributed by atoms with Crippen LogP contribution in [0.2, 0.25) is 0 Å². The van der Waals surface area contributed by atoms with Gasteiger partial charge in [-0.3, -0.25) is 4.98 Å². The van der Waals surface area contributed by atoms with Gasteiger partial charge in [-0.1, -0.05) is 25.1 Å². The molecule has 0 fully saturated rings. The highest BCUT2D eigenvalue weighted by molar-refractivity contribution is 5.54. The van der Waals surface area contributed by atoms with Gasteiger partial charge in [0.25, 0.3) is 0 Å². The standard InChI is InChI=1S/C21H22N4O2/c1-3-15-12-19(25-21(24-15)17-8-4-5-10-22-17)23-16-11-14-7-6-9-18(26-2)20(14)27-13-16/h4-10,12,16H,3,11,13H2,1-2H3,(H,23,24,25). The maximum absolute atomic E-state index is 5.96. The second-order valence-corrected chi connectivity index (χ2v) is 6.44. The first-order valence-corrected chi connectivity index (χ1v) is 9.11. The molecular formula is C21H22N4O2. The first kappa shape index (κ1) is 17.3. The number of benzene rings is 1. The molecule has 2 aromatic heterocycles. The van der Waals surface area contributed by atoms with E-state index in [1.165, 1.54) is 0 Å². The molecular weight excluding hydrogens is 340 g/mol. The van der Waals surface area contributed by atoms with Crippen LogP contribution in [-0.4, -0.2) is 34.7 Å². The second-order valence-electron chi connectivity index (χ2n) is 6.44. The molecule has 0 bridgehead atoms. The minimum Gasteiger partial charge on any atom is -0.493 e. The molecule has 1 aliphatic heterocycles. The molecule has 1 aromatic carbocycles. The van der Waals surface area contributed by atoms with E-state index in [1.807, 2.05) is 36.4 Å². The number of hydrogen-bond acceptors (Lipinski definition) is 6. The van der Waals surface area contributed by atoms with Crippen LogP contribution in [0.4, 0.5) is 5.82 Å². The molecule has 1 unspecified atom stereocenters. The highest BCUT2D eigenvalue weighted by atomic mass is 16.5. The minimum atomic E-state index is 0.126. The number of aromatic nitrogens is 3. The zero-order chi connectivity index (χ0) is 18.6. The molecule has 1 atom stereocenters. The number of hydrogen-bond donors (Lipinski definition) is 1. The molecule has 3 heterocycles. The lowest BCUT2D eigenvalue weighted by molar-refractivity contribution is 0.256. The molecule has 0 saturated carbocycles. The van der Waals surface area contributed by atoms with E-state index in [0.717, 1.165) is 47.1 Å². The van der Waals surface area contributed by atoms with Gasteiger partial charge in [0.2, 0.25) is 0 Å². The summed E-state index contributed by atoms with van der Waals surface area (Å²) in [5.74, 6) is 3.04. The molecule has 138 valence electrons. The van der Waals surface area contributed by atoms with Crippen molar-refractivity contribution < 1.29 is 9.47 Å². The highest BCUT2D eigenvalue weighted by Gasteiger charge is 2.23. The molecule has 4 rings (SSSR count). The van der Waals surface area contributed by atoms with Crippen molar-refractivity contribution in [2.45, 2.75) is 25.8 Å². The summed E-state index contributed by atoms with van der Waals surface area (Å²) in [4.78, 5) is 13.7. The van der Waals surface area contributed by atoms with Crippen LogP contribution in [0.5, 0.6) is 11.5 Å². The SMILES string of the molecule is CCc1cc(NC2COc3c(cccc3OC)C2)nc(-c2ccccn2)n1. The number of methoxy groups -OCH3 is 1. The fraction of sp³-hybridized carbons (Fsp3) is 0.286. The predicted molar refractivity (Wildman–Crippen MR) is 104 cm³/mol. The lowest BCUT2D eigenvalue weighted by Crippen LogP contribution is -2.33. The van der Waals surface area contributed by atoms with E-state index in [2.05, 4.69) is 33.3 Å². The minimum absolute atomic E-state index is 0.126. The van der Waals surface area contributed by atoms with E-state index < -0.39 is 0 Å². The largest absolute Gasteiger partial charge is 0.493 e. The Bertz CT molecular complexity index is 931. The van der Waals surface area contributed by atoms with Crippen LogP contribution in [0, 0.1) is 0 Å². The van der Waals surface area contributed by atoms with Crippen molar-refractivity contribution in [3.05, 3.63) is 59.9 Å². The van der Waals surface area contributed by atoms with Crippen molar-refractivity contribution in [3.8, 4) is 23.0 Å². The fourth-order valence-electron chi connectivity index (χ4n) is 3.22. The van der Waals surface area contributed by atoms with Gasteiger partial charge in [0, 0.05) is 23.5 Å². The molecule has 27 heavy (non-hydrogen) atoms. The summed E-state index contributed by atoms with van der Waals surface area (Å²) >= 11 is 0. The van der Waals surface area contributed by atoms with E-state index in [-0.39, 0.29) is 6.04 Å². The maximum atomic E-state index is 5.96. The Hall–Kier alpha value is -3.15. The molecule has 0 radical (unpaired) electrons. The Morgan fingerprint density at radius 2 is 2.11 bits per heavy atom. The Morgan fingerprint density at radius 1 is 1.19 bits per heavy atom. The van der Waals surface area contributed by atoms with Gasteiger partial charge in [-0.25, -0.2) is 9.97 Å². The van der Waals surface area contributed by atoms with E-state index in [1.54, 1.807) is 13.3 Å². The molecule has 0 saturated heterocycles. The Balaban J connectivity index is 1.58. The monoisotopic (exact) mass is 362 g/mol. The third kappa shape index (κ3) is 3.69. The number of pyridine rings is 1. The summed E-state index contributed by atoms with van der Waals surface area (Å²) in [7, 11) is 1.66. The topological polar surface area (TPSA) is 69.2 Å². The molecule has 6 nitrogen and oxygen atoms in total. The Kier molecular flexibility index (Phi) is 4.87. The van der Waals surface area contributed by atoms with Crippen molar-refractivity contribution in [1.82, 2.24) is 15.0 Å². The number of para-hydroxylation sites is 1. The van der Waals surface area contributed by atoms with Gasteiger partial charge in [-0.05, 0) is 31.0 Å². The van der Waals surface area contributed by atoms with Crippen molar-refractivity contribution >= 4 is 5.82 Å². The fourth-order valence-corrected chi connectivity index (χ4v) is 3.22. The Labute approximate surface area is 158 Å². The normalized spacial score (nSPS) is 15.6. The van der Waals surface area contributed by atoms with E-state index in [0.29, 0.717) is 12.4 Å². The van der Waals surface area contributed by atoms with Crippen LogP contribution in [0.3, 0.4) is 0 Å². The van der Waals surface area contributed by atoms with Crippen molar-refractivity contribution in [2.24, 2.45) is 0 Å². The molecule has 1 N–H and O–H groups in total. The lowest BCUT2D eigenvalue weighted by Gasteiger charge is -2.27. The zero-order valence-electron chi connectivity index (χ0n) is 15.5. The number of fused-ring (bicyclic) bond motifs is 1. The third-order valence-electron chi connectivity index (χ3n) is 4.56. The summed E-state index contributed by atoms with van der Waals surface area (Å²) in [6, 6.07) is 13.8. The van der Waals surface area contributed by atoms with Gasteiger partial charge in [-0.15, -0.1) is 0 Å². The summed E-state index contributed by atoms with van der Waals surface area (Å²) in [6.45, 7) is 2.64. The van der Waals surface area contributed by atoms with Gasteiger partial charge in [-0.2, -0.15) is 0 Å². The van der Waals surface area contributed by atoms with Crippen LogP contribution in [0.15, 0.2) is 48.7 Å². The van der Waals surface area contributed by atoms with E-state index in [9.17, 15) is 0 Å². The third-order valence-corrected chi connectivity index (χ3v) is 4.56. The molecule has 0 spiro atoms. The van der Waals surface area contributed by atoms with Crippen LogP contribution in [-0.2, 0) is 12.8 Å². The summed E-state index contributed by atoms with van der Waals surface area (Å²) in [6.07, 6.45) is 3.43. The molecule has 6 heteroatoms. The molecule has 0 aliphatic carbocycles. The summed E-state index contributed by atoms with van der Waals surface area (Å²) in [5.41, 5.74) is 2.88. The maximum Gasteiger partial charge on any atom is 0.180 e. The van der Waals surface area contributed by atoms with Crippen LogP contribution in [0.1, 0.15) is 18.2 Å². The summed E-state index contributed by atoms with van der Waals surface area (Å²) in [5, 5.41) is 3.50. The Morgan fingerprint density at radius 3 is 2.89 bits per heavy atom. The molecule has 3 aromatic rings. The van der Waals surface area contributed by atoms with Gasteiger partial charge < -0.3 is 14.8 Å². The predicted octanol–water partition coefficient (Wildman–Crippen LogP) is 3.53. The lowest BCUT2D eigenvalue weighted by atomic mass is 10.0. The second kappa shape index (κ2) is 7.61. The molecule has 1 aliphatic rings. The van der Waals surface area contributed by atoms with E-state index >= 15 is 0 Å². The first-order valence-electron chi connectivity index (χ1n) is 9.11. The number of nitrogens with zero attached hydrogens (tertiary/aromatic N) is 3. The van der Waals surface area contributed by atoms with Crippen LogP contribution < -0.4 is 14.8 Å². The van der Waals surface area contributed by atoms with Crippen LogP contribution >= 0.6 is 0 Å². The number of ether oxygens (including phenoxy) is 2. The summed E-state index contributed by atoms with van der Waals surface area (Å²) < 4.78 is 11.3. The van der Waals surface area contributed by atoms with Crippen molar-refractivity contribution in [3.63, 3.8) is 0 Å². The van der Waals surface area contributed by atoms with Crippen molar-refractivity contribution in [2.75, 3.05) is 19.0 Å². The number of aryl methyl sites for hydroxylation is 1. The number of rotatable bonds is 5. The smallest absolute Gasteiger partial charge is 0.180 e. The van der Waals surface area contributed by atoms with Gasteiger partial charge in [0.15, 0.2) is 17.3 Å². The van der Waals surface area contributed by atoms with Gasteiger partial charge in [0.1, 0.15) is 18.1 Å². The van der Waals surface area contributed by atoms with E-state index in [4.69, 9.17) is 9.47 Å². The highest BCUT2D eigenvalue weighted by Crippen LogP contribution is 2.35. The van der Waals surface area contributed by atoms with Gasteiger partial charge in [0.05, 0.1) is 13.2 Å². The quantitative estimate of drug-likeness (QED) is 0.749. The number of nitrogens with one attached hydrogen (secondary N) is 1. The first-order chi connectivity index (χ1) is 13.3.